The SMILES string of the molecule is CCN(CC)c1ccc(NC(=O)C2(C)CCNCC2)cn1. The van der Waals surface area contributed by atoms with Crippen molar-refractivity contribution < 1.29 is 4.79 Å². The summed E-state index contributed by atoms with van der Waals surface area (Å²) in [6, 6.07) is 3.90. The van der Waals surface area contributed by atoms with E-state index >= 15 is 0 Å². The fraction of sp³-hybridized carbons (Fsp3) is 0.625. The lowest BCUT2D eigenvalue weighted by Crippen LogP contribution is -2.42. The normalized spacial score (nSPS) is 17.3. The van der Waals surface area contributed by atoms with Crippen molar-refractivity contribution in [2.75, 3.05) is 36.4 Å². The van der Waals surface area contributed by atoms with Gasteiger partial charge in [-0.05, 0) is 51.9 Å². The van der Waals surface area contributed by atoms with E-state index in [1.807, 2.05) is 19.1 Å². The van der Waals surface area contributed by atoms with Crippen LogP contribution in [0.2, 0.25) is 0 Å². The number of amides is 1. The molecule has 0 unspecified atom stereocenters. The molecule has 5 nitrogen and oxygen atoms in total. The number of aromatic nitrogens is 1. The third-order valence-electron chi connectivity index (χ3n) is 4.35. The fourth-order valence-electron chi connectivity index (χ4n) is 2.68. The first-order chi connectivity index (χ1) is 10.1. The molecule has 2 rings (SSSR count). The average Bonchev–Trinajstić information content (AvgIpc) is 2.51. The van der Waals surface area contributed by atoms with Crippen LogP contribution >= 0.6 is 0 Å². The molecule has 1 aromatic heterocycles. The van der Waals surface area contributed by atoms with Crippen molar-refractivity contribution in [2.45, 2.75) is 33.6 Å². The monoisotopic (exact) mass is 290 g/mol. The predicted molar refractivity (Wildman–Crippen MR) is 86.6 cm³/mol. The Hall–Kier alpha value is -1.62. The first kappa shape index (κ1) is 15.8. The van der Waals surface area contributed by atoms with Gasteiger partial charge < -0.3 is 15.5 Å². The minimum Gasteiger partial charge on any atom is -0.357 e. The quantitative estimate of drug-likeness (QED) is 0.873. The summed E-state index contributed by atoms with van der Waals surface area (Å²) in [5.41, 5.74) is 0.499. The zero-order chi connectivity index (χ0) is 15.3. The van der Waals surface area contributed by atoms with Gasteiger partial charge in [0.15, 0.2) is 0 Å². The van der Waals surface area contributed by atoms with Gasteiger partial charge in [0.2, 0.25) is 5.91 Å². The van der Waals surface area contributed by atoms with Crippen molar-refractivity contribution >= 4 is 17.4 Å². The molecule has 1 saturated heterocycles. The minimum absolute atomic E-state index is 0.0985. The fourth-order valence-corrected chi connectivity index (χ4v) is 2.68. The van der Waals surface area contributed by atoms with Gasteiger partial charge >= 0.3 is 0 Å². The maximum Gasteiger partial charge on any atom is 0.230 e. The lowest BCUT2D eigenvalue weighted by atomic mass is 9.80. The lowest BCUT2D eigenvalue weighted by Gasteiger charge is -2.32. The van der Waals surface area contributed by atoms with Gasteiger partial charge in [0.1, 0.15) is 5.82 Å². The molecular formula is C16H26N4O. The summed E-state index contributed by atoms with van der Waals surface area (Å²) in [5, 5.41) is 6.30. The van der Waals surface area contributed by atoms with Crippen LogP contribution in [-0.4, -0.2) is 37.1 Å². The number of carbonyl (C=O) groups is 1. The summed E-state index contributed by atoms with van der Waals surface area (Å²) in [7, 11) is 0. The molecule has 1 aliphatic heterocycles. The lowest BCUT2D eigenvalue weighted by molar-refractivity contribution is -0.126. The van der Waals surface area contributed by atoms with Crippen LogP contribution in [0.5, 0.6) is 0 Å². The highest BCUT2D eigenvalue weighted by Gasteiger charge is 2.34. The number of carbonyl (C=O) groups excluding carboxylic acids is 1. The van der Waals surface area contributed by atoms with Crippen LogP contribution in [0, 0.1) is 5.41 Å². The number of nitrogens with one attached hydrogen (secondary N) is 2. The van der Waals surface area contributed by atoms with Gasteiger partial charge in [-0.15, -0.1) is 0 Å². The molecule has 0 bridgehead atoms. The van der Waals surface area contributed by atoms with Crippen molar-refractivity contribution in [2.24, 2.45) is 5.41 Å². The van der Waals surface area contributed by atoms with Crippen molar-refractivity contribution in [1.29, 1.82) is 0 Å². The molecule has 0 aliphatic carbocycles. The molecule has 5 heteroatoms. The Morgan fingerprint density at radius 2 is 2.00 bits per heavy atom. The Morgan fingerprint density at radius 3 is 2.52 bits per heavy atom. The number of hydrogen-bond donors (Lipinski definition) is 2. The van der Waals surface area contributed by atoms with E-state index in [1.165, 1.54) is 0 Å². The summed E-state index contributed by atoms with van der Waals surface area (Å²) >= 11 is 0. The third-order valence-corrected chi connectivity index (χ3v) is 4.35. The van der Waals surface area contributed by atoms with Crippen LogP contribution in [0.15, 0.2) is 18.3 Å². The van der Waals surface area contributed by atoms with Gasteiger partial charge in [-0.25, -0.2) is 4.98 Å². The molecule has 1 amide bonds. The van der Waals surface area contributed by atoms with Crippen LogP contribution in [-0.2, 0) is 4.79 Å². The number of rotatable bonds is 5. The van der Waals surface area contributed by atoms with Crippen molar-refractivity contribution in [3.8, 4) is 0 Å². The van der Waals surface area contributed by atoms with E-state index in [9.17, 15) is 4.79 Å². The minimum atomic E-state index is -0.275. The average molecular weight is 290 g/mol. The Kier molecular flexibility index (Phi) is 5.17. The summed E-state index contributed by atoms with van der Waals surface area (Å²) in [6.07, 6.45) is 3.50. The van der Waals surface area contributed by atoms with Crippen LogP contribution in [0.1, 0.15) is 33.6 Å². The first-order valence-electron chi connectivity index (χ1n) is 7.82. The highest BCUT2D eigenvalue weighted by atomic mass is 16.2. The van der Waals surface area contributed by atoms with Gasteiger partial charge in [0, 0.05) is 18.5 Å². The summed E-state index contributed by atoms with van der Waals surface area (Å²) in [5.74, 6) is 1.05. The number of anilines is 2. The van der Waals surface area contributed by atoms with Crippen LogP contribution in [0.4, 0.5) is 11.5 Å². The van der Waals surface area contributed by atoms with Gasteiger partial charge in [-0.3, -0.25) is 4.79 Å². The standard InChI is InChI=1S/C16H26N4O/c1-4-20(5-2)14-7-6-13(12-18-14)19-15(21)16(3)8-10-17-11-9-16/h6-7,12,17H,4-5,8-11H2,1-3H3,(H,19,21). The van der Waals surface area contributed by atoms with Crippen LogP contribution in [0.3, 0.4) is 0 Å². The van der Waals surface area contributed by atoms with E-state index in [4.69, 9.17) is 0 Å². The number of nitrogens with zero attached hydrogens (tertiary/aromatic N) is 2. The molecule has 2 heterocycles. The first-order valence-corrected chi connectivity index (χ1v) is 7.82. The second-order valence-corrected chi connectivity index (χ2v) is 5.84. The highest BCUT2D eigenvalue weighted by Crippen LogP contribution is 2.29. The molecule has 0 radical (unpaired) electrons. The third kappa shape index (κ3) is 3.73. The number of piperidine rings is 1. The predicted octanol–water partition coefficient (Wildman–Crippen LogP) is 2.26. The summed E-state index contributed by atoms with van der Waals surface area (Å²) < 4.78 is 0. The molecule has 2 N–H and O–H groups in total. The topological polar surface area (TPSA) is 57.3 Å². The van der Waals surface area contributed by atoms with E-state index in [-0.39, 0.29) is 11.3 Å². The Balaban J connectivity index is 2.01. The van der Waals surface area contributed by atoms with Gasteiger partial charge in [-0.1, -0.05) is 6.92 Å². The Morgan fingerprint density at radius 1 is 1.33 bits per heavy atom. The van der Waals surface area contributed by atoms with Gasteiger partial charge in [-0.2, -0.15) is 0 Å². The van der Waals surface area contributed by atoms with Gasteiger partial charge in [0.05, 0.1) is 11.9 Å². The molecule has 21 heavy (non-hydrogen) atoms. The molecule has 0 atom stereocenters. The Bertz CT molecular complexity index is 462. The van der Waals surface area contributed by atoms with Gasteiger partial charge in [0.25, 0.3) is 0 Å². The van der Waals surface area contributed by atoms with E-state index in [1.54, 1.807) is 6.20 Å². The van der Waals surface area contributed by atoms with E-state index in [0.29, 0.717) is 0 Å². The number of pyridine rings is 1. The molecule has 1 aliphatic rings. The Labute approximate surface area is 127 Å². The maximum atomic E-state index is 12.4. The zero-order valence-electron chi connectivity index (χ0n) is 13.3. The van der Waals surface area contributed by atoms with Crippen molar-refractivity contribution in [3.63, 3.8) is 0 Å². The van der Waals surface area contributed by atoms with E-state index < -0.39 is 0 Å². The molecule has 0 spiro atoms. The molecule has 116 valence electrons. The molecular weight excluding hydrogens is 264 g/mol. The van der Waals surface area contributed by atoms with Crippen molar-refractivity contribution in [3.05, 3.63) is 18.3 Å². The van der Waals surface area contributed by atoms with E-state index in [0.717, 1.165) is 50.5 Å². The smallest absolute Gasteiger partial charge is 0.230 e. The highest BCUT2D eigenvalue weighted by molar-refractivity contribution is 5.95. The molecule has 1 fully saturated rings. The largest absolute Gasteiger partial charge is 0.357 e. The summed E-state index contributed by atoms with van der Waals surface area (Å²) in [4.78, 5) is 19.1. The molecule has 0 saturated carbocycles. The van der Waals surface area contributed by atoms with E-state index in [2.05, 4.69) is 34.4 Å². The van der Waals surface area contributed by atoms with Crippen LogP contribution < -0.4 is 15.5 Å². The van der Waals surface area contributed by atoms with Crippen molar-refractivity contribution in [1.82, 2.24) is 10.3 Å². The second kappa shape index (κ2) is 6.89. The van der Waals surface area contributed by atoms with Crippen LogP contribution in [0.25, 0.3) is 0 Å². The zero-order valence-corrected chi connectivity index (χ0v) is 13.3. The number of hydrogen-bond acceptors (Lipinski definition) is 4. The molecule has 1 aromatic rings. The molecule has 0 aromatic carbocycles. The summed E-state index contributed by atoms with van der Waals surface area (Å²) in [6.45, 7) is 9.94. The maximum absolute atomic E-state index is 12.4. The second-order valence-electron chi connectivity index (χ2n) is 5.84.